The molecule has 2 aromatic heterocycles. The van der Waals surface area contributed by atoms with Crippen molar-refractivity contribution in [1.82, 2.24) is 40.8 Å². The Hall–Kier alpha value is -3.97. The van der Waals surface area contributed by atoms with E-state index in [4.69, 9.17) is 5.73 Å². The van der Waals surface area contributed by atoms with E-state index in [1.54, 1.807) is 24.3 Å². The van der Waals surface area contributed by atoms with E-state index in [0.29, 0.717) is 35.8 Å². The Morgan fingerprint density at radius 3 is 2.37 bits per heavy atom. The highest BCUT2D eigenvalue weighted by Crippen LogP contribution is 2.17. The van der Waals surface area contributed by atoms with Crippen LogP contribution in [0.25, 0.3) is 11.2 Å². The Labute approximate surface area is 240 Å². The number of carbonyl (C=O) groups is 2. The summed E-state index contributed by atoms with van der Waals surface area (Å²) in [4.78, 5) is 48.7. The average Bonchev–Trinajstić information content (AvgIpc) is 3.28. The van der Waals surface area contributed by atoms with Crippen LogP contribution in [0.5, 0.6) is 0 Å². The number of nitrogens with one attached hydrogen (secondary N) is 6. The van der Waals surface area contributed by atoms with Gasteiger partial charge in [-0.3, -0.25) is 14.2 Å². The summed E-state index contributed by atoms with van der Waals surface area (Å²) in [5.41, 5.74) is 7.71. The Morgan fingerprint density at radius 2 is 1.63 bits per heavy atom. The van der Waals surface area contributed by atoms with Crippen molar-refractivity contribution in [3.05, 3.63) is 45.9 Å². The van der Waals surface area contributed by atoms with Gasteiger partial charge >= 0.3 is 5.69 Å². The molecule has 13 heteroatoms. The second-order valence-electron chi connectivity index (χ2n) is 9.82. The molecule has 0 aliphatic rings. The minimum Gasteiger partial charge on any atom is -0.382 e. The monoisotopic (exact) mass is 568 g/mol. The molecule has 0 saturated heterocycles. The van der Waals surface area contributed by atoms with Gasteiger partial charge in [0.2, 0.25) is 11.9 Å². The Balaban J connectivity index is 1.43. The van der Waals surface area contributed by atoms with E-state index in [1.807, 2.05) is 0 Å². The number of aromatic nitrogens is 4. The van der Waals surface area contributed by atoms with Gasteiger partial charge in [0.25, 0.3) is 5.91 Å². The van der Waals surface area contributed by atoms with Gasteiger partial charge in [0.15, 0.2) is 11.5 Å². The normalized spacial score (nSPS) is 11.1. The van der Waals surface area contributed by atoms with Crippen LogP contribution in [0.1, 0.15) is 61.9 Å². The maximum absolute atomic E-state index is 12.6. The number of anilines is 2. The highest BCUT2D eigenvalue weighted by molar-refractivity contribution is 5.96. The van der Waals surface area contributed by atoms with Gasteiger partial charge in [-0.05, 0) is 69.6 Å². The zero-order chi connectivity index (χ0) is 29.5. The number of hydrogen-bond donors (Lipinski definition) is 7. The van der Waals surface area contributed by atoms with Gasteiger partial charge in [-0.1, -0.05) is 32.4 Å². The third-order valence-electron chi connectivity index (χ3n) is 6.49. The van der Waals surface area contributed by atoms with E-state index in [-0.39, 0.29) is 36.4 Å². The summed E-state index contributed by atoms with van der Waals surface area (Å²) in [6.45, 7) is 9.43. The van der Waals surface area contributed by atoms with E-state index in [1.165, 1.54) is 4.57 Å². The summed E-state index contributed by atoms with van der Waals surface area (Å²) < 4.78 is 1.48. The fourth-order valence-electron chi connectivity index (χ4n) is 4.17. The van der Waals surface area contributed by atoms with Crippen molar-refractivity contribution < 1.29 is 9.59 Å². The first-order chi connectivity index (χ1) is 19.9. The molecule has 0 unspecified atom stereocenters. The third-order valence-corrected chi connectivity index (χ3v) is 6.49. The molecule has 0 aliphatic heterocycles. The van der Waals surface area contributed by atoms with Gasteiger partial charge in [0.05, 0.1) is 13.1 Å². The SMILES string of the molecule is CCCCNc1nc(N)c2[nH]c(=O)n(Cc3ccc(C(=O)NCC(=O)NCCCNCCCCNCC)cc3)c2n1. The lowest BCUT2D eigenvalue weighted by Gasteiger charge is -2.09. The quantitative estimate of drug-likeness (QED) is 0.104. The molecule has 3 aromatic rings. The number of amides is 2. The number of nitrogen functional groups attached to an aromatic ring is 1. The van der Waals surface area contributed by atoms with Crippen LogP contribution >= 0.6 is 0 Å². The summed E-state index contributed by atoms with van der Waals surface area (Å²) in [6.07, 6.45) is 5.07. The zero-order valence-electron chi connectivity index (χ0n) is 24.1. The molecule has 2 amide bonds. The number of hydrogen-bond acceptors (Lipinski definition) is 9. The van der Waals surface area contributed by atoms with Crippen LogP contribution < -0.4 is 38.0 Å². The number of H-pyrrole nitrogens is 1. The molecule has 0 bridgehead atoms. The first kappa shape index (κ1) is 31.6. The molecule has 1 aromatic carbocycles. The first-order valence-corrected chi connectivity index (χ1v) is 14.5. The van der Waals surface area contributed by atoms with Crippen LogP contribution in [0.3, 0.4) is 0 Å². The standard InChI is InChI=1S/C28H44N10O3/c1-3-5-16-33-27-36-24(29)23-25(37-27)38(28(41)35-23)19-20-9-11-21(12-10-20)26(40)34-18-22(39)32-17-8-15-31-14-7-6-13-30-4-2/h9-12,30-31H,3-8,13-19H2,1-2H3,(H,32,39)(H,34,40)(H,35,41)(H3,29,33,36,37). The minimum atomic E-state index is -0.352. The first-order valence-electron chi connectivity index (χ1n) is 14.5. The van der Waals surface area contributed by atoms with Crippen LogP contribution in [0.15, 0.2) is 29.1 Å². The van der Waals surface area contributed by atoms with Gasteiger partial charge in [-0.2, -0.15) is 9.97 Å². The molecular formula is C28H44N10O3. The number of carbonyl (C=O) groups excluding carboxylic acids is 2. The zero-order valence-corrected chi connectivity index (χ0v) is 24.1. The van der Waals surface area contributed by atoms with Crippen molar-refractivity contribution in [3.63, 3.8) is 0 Å². The predicted molar refractivity (Wildman–Crippen MR) is 162 cm³/mol. The fourth-order valence-corrected chi connectivity index (χ4v) is 4.17. The molecule has 0 atom stereocenters. The van der Waals surface area contributed by atoms with E-state index in [2.05, 4.69) is 55.4 Å². The van der Waals surface area contributed by atoms with Gasteiger partial charge in [0, 0.05) is 18.7 Å². The van der Waals surface area contributed by atoms with E-state index >= 15 is 0 Å². The Kier molecular flexibility index (Phi) is 13.1. The van der Waals surface area contributed by atoms with Crippen molar-refractivity contribution in [2.45, 2.75) is 52.5 Å². The molecule has 8 N–H and O–H groups in total. The van der Waals surface area contributed by atoms with E-state index in [9.17, 15) is 14.4 Å². The number of unbranched alkanes of at least 4 members (excludes halogenated alkanes) is 2. The highest BCUT2D eigenvalue weighted by atomic mass is 16.2. The second-order valence-corrected chi connectivity index (χ2v) is 9.82. The average molecular weight is 569 g/mol. The molecule has 13 nitrogen and oxygen atoms in total. The number of benzene rings is 1. The predicted octanol–water partition coefficient (Wildman–Crippen LogP) is 1.18. The van der Waals surface area contributed by atoms with Gasteiger partial charge < -0.3 is 37.3 Å². The molecule has 3 rings (SSSR count). The van der Waals surface area contributed by atoms with E-state index in [0.717, 1.165) is 63.8 Å². The van der Waals surface area contributed by atoms with Crippen molar-refractivity contribution in [2.24, 2.45) is 0 Å². The van der Waals surface area contributed by atoms with E-state index < -0.39 is 0 Å². The molecule has 0 spiro atoms. The highest BCUT2D eigenvalue weighted by Gasteiger charge is 2.15. The van der Waals surface area contributed by atoms with Crippen molar-refractivity contribution >= 4 is 34.7 Å². The second kappa shape index (κ2) is 17.0. The number of nitrogens with two attached hydrogens (primary N) is 1. The smallest absolute Gasteiger partial charge is 0.328 e. The lowest BCUT2D eigenvalue weighted by Crippen LogP contribution is -2.37. The summed E-state index contributed by atoms with van der Waals surface area (Å²) >= 11 is 0. The number of rotatable bonds is 19. The number of aromatic amines is 1. The molecule has 0 aliphatic carbocycles. The molecule has 2 heterocycles. The molecule has 224 valence electrons. The lowest BCUT2D eigenvalue weighted by molar-refractivity contribution is -0.120. The molecular weight excluding hydrogens is 524 g/mol. The Bertz CT molecular complexity index is 1300. The summed E-state index contributed by atoms with van der Waals surface area (Å²) in [5, 5.41) is 15.3. The van der Waals surface area contributed by atoms with Gasteiger partial charge in [-0.15, -0.1) is 0 Å². The summed E-state index contributed by atoms with van der Waals surface area (Å²) in [7, 11) is 0. The van der Waals surface area contributed by atoms with Crippen molar-refractivity contribution in [1.29, 1.82) is 0 Å². The number of fused-ring (bicyclic) bond motifs is 1. The molecule has 0 radical (unpaired) electrons. The topological polar surface area (TPSA) is 184 Å². The summed E-state index contributed by atoms with van der Waals surface area (Å²) in [5.74, 6) is -0.0126. The van der Waals surface area contributed by atoms with Crippen molar-refractivity contribution in [3.8, 4) is 0 Å². The van der Waals surface area contributed by atoms with Crippen LogP contribution in [0, 0.1) is 0 Å². The minimum absolute atomic E-state index is 0.0983. The van der Waals surface area contributed by atoms with Crippen LogP contribution in [-0.2, 0) is 11.3 Å². The van der Waals surface area contributed by atoms with Crippen LogP contribution in [0.4, 0.5) is 11.8 Å². The third kappa shape index (κ3) is 10.2. The van der Waals surface area contributed by atoms with Gasteiger partial charge in [-0.25, -0.2) is 4.79 Å². The largest absolute Gasteiger partial charge is 0.382 e. The van der Waals surface area contributed by atoms with Crippen molar-refractivity contribution in [2.75, 3.05) is 56.9 Å². The van der Waals surface area contributed by atoms with Gasteiger partial charge in [0.1, 0.15) is 5.52 Å². The fraction of sp³-hybridized carbons (Fsp3) is 0.536. The maximum atomic E-state index is 12.6. The van der Waals surface area contributed by atoms with Crippen LogP contribution in [-0.4, -0.2) is 77.1 Å². The number of nitrogens with zero attached hydrogens (tertiary/aromatic N) is 3. The number of imidazole rings is 1. The molecule has 0 saturated carbocycles. The maximum Gasteiger partial charge on any atom is 0.328 e. The summed E-state index contributed by atoms with van der Waals surface area (Å²) in [6, 6.07) is 6.85. The molecule has 0 fully saturated rings. The lowest BCUT2D eigenvalue weighted by atomic mass is 10.1. The Morgan fingerprint density at radius 1 is 0.902 bits per heavy atom. The molecule has 41 heavy (non-hydrogen) atoms. The van der Waals surface area contributed by atoms with Crippen LogP contribution in [0.2, 0.25) is 0 Å².